The first-order valence-electron chi connectivity index (χ1n) is 22.4. The number of benzene rings is 2. The Morgan fingerprint density at radius 2 is 0.560 bits per heavy atom. The molecule has 0 bridgehead atoms. The zero-order valence-corrected chi connectivity index (χ0v) is 35.1. The van der Waals surface area contributed by atoms with E-state index in [1.165, 1.54) is 235 Å². The van der Waals surface area contributed by atoms with Crippen molar-refractivity contribution < 1.29 is 0 Å². The van der Waals surface area contributed by atoms with Crippen LogP contribution in [0.1, 0.15) is 219 Å². The van der Waals surface area contributed by atoms with Gasteiger partial charge in [0.15, 0.2) is 0 Å². The Labute approximate surface area is 321 Å². The lowest BCUT2D eigenvalue weighted by Crippen LogP contribution is -2.25. The fraction of sp³-hybridized carbons (Fsp3) is 0.750. The maximum absolute atomic E-state index is 3.58. The maximum Gasteiger partial charge on any atom is 0.0366 e. The van der Waals surface area contributed by atoms with Gasteiger partial charge in [-0.25, -0.2) is 0 Å². The average molecular weight is 753 g/mol. The van der Waals surface area contributed by atoms with Gasteiger partial charge in [-0.1, -0.05) is 247 Å². The monoisotopic (exact) mass is 752 g/mol. The van der Waals surface area contributed by atoms with Crippen molar-refractivity contribution in [1.29, 1.82) is 0 Å². The van der Waals surface area contributed by atoms with Crippen molar-refractivity contribution in [3.8, 4) is 11.1 Å². The van der Waals surface area contributed by atoms with Crippen molar-refractivity contribution in [2.45, 2.75) is 219 Å². The van der Waals surface area contributed by atoms with Crippen LogP contribution in [0.5, 0.6) is 0 Å². The lowest BCUT2D eigenvalue weighted by molar-refractivity contribution is 0.524. The van der Waals surface area contributed by atoms with Crippen molar-refractivity contribution in [3.05, 3.63) is 53.0 Å². The Morgan fingerprint density at radius 1 is 0.320 bits per heavy atom. The molecule has 0 aliphatic rings. The standard InChI is InChI=1S/C48H82BrN/c1-3-5-7-9-11-13-15-17-19-21-23-25-27-29-31-33-43-50(48-41-37-46(38-42-48)45-35-39-47(49)40-36-45)44-34-32-30-28-26-24-22-20-18-16-14-12-10-8-6-4-2/h35-42H,3-34,43-44H2,1-2H3. The van der Waals surface area contributed by atoms with Gasteiger partial charge in [0.2, 0.25) is 0 Å². The van der Waals surface area contributed by atoms with Crippen molar-refractivity contribution in [2.24, 2.45) is 0 Å². The van der Waals surface area contributed by atoms with Gasteiger partial charge < -0.3 is 4.90 Å². The van der Waals surface area contributed by atoms with Crippen LogP contribution in [-0.4, -0.2) is 13.1 Å². The molecule has 0 fully saturated rings. The molecule has 0 aliphatic heterocycles. The van der Waals surface area contributed by atoms with Crippen LogP contribution in [0.25, 0.3) is 11.1 Å². The molecule has 0 N–H and O–H groups in total. The average Bonchev–Trinajstić information content (AvgIpc) is 3.14. The largest absolute Gasteiger partial charge is 0.372 e. The van der Waals surface area contributed by atoms with Crippen LogP contribution >= 0.6 is 15.9 Å². The van der Waals surface area contributed by atoms with Crippen molar-refractivity contribution >= 4 is 21.6 Å². The SMILES string of the molecule is CCCCCCCCCCCCCCCCCCN(CCCCCCCCCCCCCCCCCC)c1ccc(-c2ccc(Br)cc2)cc1. The molecule has 1 nitrogen and oxygen atoms in total. The minimum Gasteiger partial charge on any atom is -0.372 e. The topological polar surface area (TPSA) is 3.24 Å². The molecule has 0 aromatic heterocycles. The minimum atomic E-state index is 1.14. The van der Waals surface area contributed by atoms with E-state index < -0.39 is 0 Å². The smallest absolute Gasteiger partial charge is 0.0366 e. The van der Waals surface area contributed by atoms with E-state index in [2.05, 4.69) is 83.2 Å². The summed E-state index contributed by atoms with van der Waals surface area (Å²) in [5, 5.41) is 0. The molecule has 0 radical (unpaired) electrons. The predicted octanol–water partition coefficient (Wildman–Crippen LogP) is 17.4. The molecule has 0 atom stereocenters. The maximum atomic E-state index is 3.58. The Bertz CT molecular complexity index is 931. The Balaban J connectivity index is 1.58. The number of hydrogen-bond acceptors (Lipinski definition) is 1. The van der Waals surface area contributed by atoms with E-state index in [0.717, 1.165) is 4.47 Å². The first-order valence-corrected chi connectivity index (χ1v) is 23.1. The molecule has 0 amide bonds. The summed E-state index contributed by atoms with van der Waals surface area (Å²) in [5.74, 6) is 0. The van der Waals surface area contributed by atoms with Crippen molar-refractivity contribution in [3.63, 3.8) is 0 Å². The second kappa shape index (κ2) is 33.5. The van der Waals surface area contributed by atoms with E-state index in [1.54, 1.807) is 0 Å². The zero-order valence-electron chi connectivity index (χ0n) is 33.5. The summed E-state index contributed by atoms with van der Waals surface area (Å²) in [4.78, 5) is 2.69. The summed E-state index contributed by atoms with van der Waals surface area (Å²) in [6.45, 7) is 7.02. The van der Waals surface area contributed by atoms with Crippen LogP contribution < -0.4 is 4.90 Å². The van der Waals surface area contributed by atoms with Gasteiger partial charge in [-0.2, -0.15) is 0 Å². The summed E-state index contributed by atoms with van der Waals surface area (Å²) >= 11 is 3.58. The number of halogens is 1. The second-order valence-electron chi connectivity index (χ2n) is 15.6. The highest BCUT2D eigenvalue weighted by Crippen LogP contribution is 2.26. The number of unbranched alkanes of at least 4 members (excludes halogenated alkanes) is 30. The second-order valence-corrected chi connectivity index (χ2v) is 16.6. The molecule has 0 saturated heterocycles. The molecule has 2 aromatic rings. The van der Waals surface area contributed by atoms with Gasteiger partial charge in [-0.3, -0.25) is 0 Å². The van der Waals surface area contributed by atoms with E-state index in [9.17, 15) is 0 Å². The van der Waals surface area contributed by atoms with E-state index in [4.69, 9.17) is 0 Å². The lowest BCUT2D eigenvalue weighted by atomic mass is 10.0. The fourth-order valence-electron chi connectivity index (χ4n) is 7.58. The summed E-state index contributed by atoms with van der Waals surface area (Å²) in [6.07, 6.45) is 45.9. The summed E-state index contributed by atoms with van der Waals surface area (Å²) in [6, 6.07) is 18.1. The fourth-order valence-corrected chi connectivity index (χ4v) is 7.84. The highest BCUT2D eigenvalue weighted by atomic mass is 79.9. The first-order chi connectivity index (χ1) is 24.7. The Hall–Kier alpha value is -1.28. The number of rotatable bonds is 36. The van der Waals surface area contributed by atoms with Crippen LogP contribution in [0.3, 0.4) is 0 Å². The van der Waals surface area contributed by atoms with E-state index in [0.29, 0.717) is 0 Å². The van der Waals surface area contributed by atoms with Crippen LogP contribution in [0.2, 0.25) is 0 Å². The quantitative estimate of drug-likeness (QED) is 0.0627. The van der Waals surface area contributed by atoms with Gasteiger partial charge in [-0.05, 0) is 48.2 Å². The normalized spacial score (nSPS) is 11.4. The van der Waals surface area contributed by atoms with Gasteiger partial charge in [0, 0.05) is 23.2 Å². The highest BCUT2D eigenvalue weighted by molar-refractivity contribution is 9.10. The summed E-state index contributed by atoms with van der Waals surface area (Å²) < 4.78 is 1.14. The van der Waals surface area contributed by atoms with E-state index >= 15 is 0 Å². The Kier molecular flexibility index (Phi) is 30.1. The molecule has 2 aromatic carbocycles. The lowest BCUT2D eigenvalue weighted by Gasteiger charge is -2.25. The molecule has 0 spiro atoms. The Morgan fingerprint density at radius 3 is 0.840 bits per heavy atom. The zero-order chi connectivity index (χ0) is 35.6. The van der Waals surface area contributed by atoms with Gasteiger partial charge in [0.25, 0.3) is 0 Å². The van der Waals surface area contributed by atoms with Crippen LogP contribution in [0, 0.1) is 0 Å². The van der Waals surface area contributed by atoms with E-state index in [1.807, 2.05) is 0 Å². The molecule has 2 rings (SSSR count). The summed E-state index contributed by atoms with van der Waals surface area (Å²) in [5.41, 5.74) is 4.01. The van der Waals surface area contributed by atoms with Crippen LogP contribution in [0.15, 0.2) is 53.0 Å². The minimum absolute atomic E-state index is 1.14. The number of nitrogens with zero attached hydrogens (tertiary/aromatic N) is 1. The van der Waals surface area contributed by atoms with Gasteiger partial charge in [-0.15, -0.1) is 0 Å². The predicted molar refractivity (Wildman–Crippen MR) is 231 cm³/mol. The molecule has 0 unspecified atom stereocenters. The highest BCUT2D eigenvalue weighted by Gasteiger charge is 2.08. The van der Waals surface area contributed by atoms with Crippen LogP contribution in [0.4, 0.5) is 5.69 Å². The molecule has 286 valence electrons. The third-order valence-corrected chi connectivity index (χ3v) is 11.5. The third kappa shape index (κ3) is 24.8. The molecular formula is C48H82BrN. The molecule has 0 heterocycles. The molecule has 50 heavy (non-hydrogen) atoms. The van der Waals surface area contributed by atoms with Gasteiger partial charge >= 0.3 is 0 Å². The molecule has 2 heteroatoms. The van der Waals surface area contributed by atoms with Crippen molar-refractivity contribution in [1.82, 2.24) is 0 Å². The molecule has 0 aliphatic carbocycles. The van der Waals surface area contributed by atoms with Gasteiger partial charge in [0.05, 0.1) is 0 Å². The number of hydrogen-bond donors (Lipinski definition) is 0. The first kappa shape index (κ1) is 44.9. The third-order valence-electron chi connectivity index (χ3n) is 11.0. The van der Waals surface area contributed by atoms with Gasteiger partial charge in [0.1, 0.15) is 0 Å². The van der Waals surface area contributed by atoms with Crippen molar-refractivity contribution in [2.75, 3.05) is 18.0 Å². The summed E-state index contributed by atoms with van der Waals surface area (Å²) in [7, 11) is 0. The van der Waals surface area contributed by atoms with E-state index in [-0.39, 0.29) is 0 Å². The molecular weight excluding hydrogens is 670 g/mol. The number of anilines is 1. The molecule has 0 saturated carbocycles. The van der Waals surface area contributed by atoms with Crippen LogP contribution in [-0.2, 0) is 0 Å².